The van der Waals surface area contributed by atoms with Gasteiger partial charge in [-0.1, -0.05) is 41.9 Å². The molecule has 2 aromatic carbocycles. The standard InChI is InChI=1S/C20H21ClN4O/c21-18-7-3-1-6-17(18)14-23-20(26)15-24-9-11-25(12-10-24)19-8-4-2-5-16(19)13-22/h1-8H,9-12,14-15H2,(H,23,26). The first-order valence-corrected chi connectivity index (χ1v) is 9.01. The minimum atomic E-state index is -0.00389. The zero-order valence-corrected chi connectivity index (χ0v) is 15.2. The van der Waals surface area contributed by atoms with Gasteiger partial charge in [-0.2, -0.15) is 5.26 Å². The fourth-order valence-electron chi connectivity index (χ4n) is 3.09. The summed E-state index contributed by atoms with van der Waals surface area (Å²) in [7, 11) is 0. The van der Waals surface area contributed by atoms with E-state index in [2.05, 4.69) is 21.2 Å². The molecule has 1 heterocycles. The molecule has 134 valence electrons. The molecular formula is C20H21ClN4O. The average Bonchev–Trinajstić information content (AvgIpc) is 2.68. The molecule has 0 unspecified atom stereocenters. The minimum Gasteiger partial charge on any atom is -0.368 e. The predicted molar refractivity (Wildman–Crippen MR) is 103 cm³/mol. The van der Waals surface area contributed by atoms with Crippen LogP contribution in [0.4, 0.5) is 5.69 Å². The number of carbonyl (C=O) groups is 1. The molecule has 3 rings (SSSR count). The molecule has 26 heavy (non-hydrogen) atoms. The monoisotopic (exact) mass is 368 g/mol. The van der Waals surface area contributed by atoms with E-state index in [1.807, 2.05) is 48.5 Å². The van der Waals surface area contributed by atoms with Crippen molar-refractivity contribution in [3.05, 3.63) is 64.7 Å². The molecule has 0 aliphatic carbocycles. The fraction of sp³-hybridized carbons (Fsp3) is 0.300. The van der Waals surface area contributed by atoms with E-state index in [0.717, 1.165) is 37.4 Å². The number of hydrogen-bond donors (Lipinski definition) is 1. The van der Waals surface area contributed by atoms with Gasteiger partial charge in [-0.15, -0.1) is 0 Å². The molecular weight excluding hydrogens is 348 g/mol. The van der Waals surface area contributed by atoms with E-state index in [4.69, 9.17) is 11.6 Å². The third kappa shape index (κ3) is 4.54. The zero-order valence-electron chi connectivity index (χ0n) is 14.5. The molecule has 1 aliphatic heterocycles. The zero-order chi connectivity index (χ0) is 18.4. The largest absolute Gasteiger partial charge is 0.368 e. The molecule has 1 fully saturated rings. The van der Waals surface area contributed by atoms with Crippen molar-refractivity contribution in [1.82, 2.24) is 10.2 Å². The number of halogens is 1. The predicted octanol–water partition coefficient (Wildman–Crippen LogP) is 2.65. The van der Waals surface area contributed by atoms with Crippen LogP contribution in [0.1, 0.15) is 11.1 Å². The van der Waals surface area contributed by atoms with E-state index in [-0.39, 0.29) is 5.91 Å². The lowest BCUT2D eigenvalue weighted by atomic mass is 10.1. The molecule has 1 amide bonds. The van der Waals surface area contributed by atoms with E-state index in [9.17, 15) is 10.1 Å². The lowest BCUT2D eigenvalue weighted by Crippen LogP contribution is -2.49. The maximum absolute atomic E-state index is 12.2. The maximum Gasteiger partial charge on any atom is 0.234 e. The summed E-state index contributed by atoms with van der Waals surface area (Å²) in [5.41, 5.74) is 2.58. The Morgan fingerprint density at radius 2 is 1.77 bits per heavy atom. The Hall–Kier alpha value is -2.55. The fourth-order valence-corrected chi connectivity index (χ4v) is 3.29. The molecule has 1 saturated heterocycles. The van der Waals surface area contributed by atoms with Gasteiger partial charge in [0.25, 0.3) is 0 Å². The molecule has 0 aromatic heterocycles. The smallest absolute Gasteiger partial charge is 0.234 e. The van der Waals surface area contributed by atoms with Crippen LogP contribution in [0.5, 0.6) is 0 Å². The van der Waals surface area contributed by atoms with Gasteiger partial charge in [0, 0.05) is 37.7 Å². The molecule has 0 spiro atoms. The maximum atomic E-state index is 12.2. The number of para-hydroxylation sites is 1. The van der Waals surface area contributed by atoms with E-state index in [1.54, 1.807) is 0 Å². The van der Waals surface area contributed by atoms with Gasteiger partial charge in [0.1, 0.15) is 6.07 Å². The summed E-state index contributed by atoms with van der Waals surface area (Å²) in [6.45, 7) is 4.00. The minimum absolute atomic E-state index is 0.00389. The van der Waals surface area contributed by atoms with Gasteiger partial charge in [0.05, 0.1) is 17.8 Å². The number of anilines is 1. The highest BCUT2D eigenvalue weighted by atomic mass is 35.5. The van der Waals surface area contributed by atoms with E-state index in [0.29, 0.717) is 23.7 Å². The number of carbonyl (C=O) groups excluding carboxylic acids is 1. The molecule has 5 nitrogen and oxygen atoms in total. The van der Waals surface area contributed by atoms with Crippen molar-refractivity contribution in [2.75, 3.05) is 37.6 Å². The first-order chi connectivity index (χ1) is 12.7. The van der Waals surface area contributed by atoms with Crippen molar-refractivity contribution in [2.24, 2.45) is 0 Å². The molecule has 1 aliphatic rings. The van der Waals surface area contributed by atoms with Gasteiger partial charge < -0.3 is 10.2 Å². The second-order valence-corrected chi connectivity index (χ2v) is 6.67. The number of nitrogens with zero attached hydrogens (tertiary/aromatic N) is 3. The SMILES string of the molecule is N#Cc1ccccc1N1CCN(CC(=O)NCc2ccccc2Cl)CC1. The number of rotatable bonds is 5. The summed E-state index contributed by atoms with van der Waals surface area (Å²) in [4.78, 5) is 16.5. The van der Waals surface area contributed by atoms with E-state index >= 15 is 0 Å². The molecule has 0 saturated carbocycles. The van der Waals surface area contributed by atoms with Crippen LogP contribution < -0.4 is 10.2 Å². The van der Waals surface area contributed by atoms with Crippen LogP contribution >= 0.6 is 11.6 Å². The van der Waals surface area contributed by atoms with Crippen LogP contribution in [0.15, 0.2) is 48.5 Å². The molecule has 6 heteroatoms. The lowest BCUT2D eigenvalue weighted by Gasteiger charge is -2.36. The second kappa shape index (κ2) is 8.70. The summed E-state index contributed by atoms with van der Waals surface area (Å²) >= 11 is 6.11. The van der Waals surface area contributed by atoms with Crippen LogP contribution in [-0.4, -0.2) is 43.5 Å². The molecule has 2 aromatic rings. The van der Waals surface area contributed by atoms with Gasteiger partial charge >= 0.3 is 0 Å². The number of benzene rings is 2. The highest BCUT2D eigenvalue weighted by Gasteiger charge is 2.20. The van der Waals surface area contributed by atoms with E-state index < -0.39 is 0 Å². The van der Waals surface area contributed by atoms with Gasteiger partial charge in [0.15, 0.2) is 0 Å². The first kappa shape index (κ1) is 18.2. The summed E-state index contributed by atoms with van der Waals surface area (Å²) in [6.07, 6.45) is 0. The van der Waals surface area contributed by atoms with Crippen LogP contribution in [0, 0.1) is 11.3 Å². The van der Waals surface area contributed by atoms with Crippen LogP contribution in [0.2, 0.25) is 5.02 Å². The third-order valence-electron chi connectivity index (χ3n) is 4.54. The number of piperazine rings is 1. The van der Waals surface area contributed by atoms with Crippen molar-refractivity contribution in [2.45, 2.75) is 6.54 Å². The molecule has 0 atom stereocenters. The van der Waals surface area contributed by atoms with Crippen molar-refractivity contribution < 1.29 is 4.79 Å². The van der Waals surface area contributed by atoms with Crippen molar-refractivity contribution in [3.63, 3.8) is 0 Å². The Balaban J connectivity index is 1.47. The van der Waals surface area contributed by atoms with E-state index in [1.165, 1.54) is 0 Å². The van der Waals surface area contributed by atoms with Crippen LogP contribution in [-0.2, 0) is 11.3 Å². The Bertz CT molecular complexity index is 809. The number of amides is 1. The quantitative estimate of drug-likeness (QED) is 0.881. The second-order valence-electron chi connectivity index (χ2n) is 6.26. The molecule has 0 radical (unpaired) electrons. The van der Waals surface area contributed by atoms with Crippen molar-refractivity contribution in [1.29, 1.82) is 5.26 Å². The van der Waals surface area contributed by atoms with Crippen LogP contribution in [0.25, 0.3) is 0 Å². The van der Waals surface area contributed by atoms with Gasteiger partial charge in [-0.3, -0.25) is 9.69 Å². The Kier molecular flexibility index (Phi) is 6.11. The Morgan fingerprint density at radius 3 is 2.50 bits per heavy atom. The Labute approximate surface area is 158 Å². The summed E-state index contributed by atoms with van der Waals surface area (Å²) < 4.78 is 0. The van der Waals surface area contributed by atoms with Gasteiger partial charge in [-0.05, 0) is 23.8 Å². The van der Waals surface area contributed by atoms with Gasteiger partial charge in [0.2, 0.25) is 5.91 Å². The van der Waals surface area contributed by atoms with Crippen molar-refractivity contribution in [3.8, 4) is 6.07 Å². The van der Waals surface area contributed by atoms with Crippen molar-refractivity contribution >= 4 is 23.2 Å². The number of nitriles is 1. The third-order valence-corrected chi connectivity index (χ3v) is 4.91. The lowest BCUT2D eigenvalue weighted by molar-refractivity contribution is -0.122. The highest BCUT2D eigenvalue weighted by molar-refractivity contribution is 6.31. The summed E-state index contributed by atoms with van der Waals surface area (Å²) in [5, 5.41) is 12.8. The summed E-state index contributed by atoms with van der Waals surface area (Å²) in [5.74, 6) is -0.00389. The molecule has 1 N–H and O–H groups in total. The number of nitrogens with one attached hydrogen (secondary N) is 1. The summed E-state index contributed by atoms with van der Waals surface area (Å²) in [6, 6.07) is 17.4. The average molecular weight is 369 g/mol. The van der Waals surface area contributed by atoms with Crippen LogP contribution in [0.3, 0.4) is 0 Å². The first-order valence-electron chi connectivity index (χ1n) is 8.64. The van der Waals surface area contributed by atoms with Gasteiger partial charge in [-0.25, -0.2) is 0 Å². The Morgan fingerprint density at radius 1 is 1.08 bits per heavy atom. The highest BCUT2D eigenvalue weighted by Crippen LogP contribution is 2.21. The molecule has 0 bridgehead atoms. The normalized spacial score (nSPS) is 14.7. The number of hydrogen-bond acceptors (Lipinski definition) is 4. The topological polar surface area (TPSA) is 59.4 Å².